The zero-order valence-corrected chi connectivity index (χ0v) is 11.0. The molecule has 0 radical (unpaired) electrons. The normalized spacial score (nSPS) is 31.8. The van der Waals surface area contributed by atoms with Gasteiger partial charge in [-0.1, -0.05) is 0 Å². The van der Waals surface area contributed by atoms with Crippen molar-refractivity contribution in [1.82, 2.24) is 4.90 Å². The molecular formula is C11H24Cl2N2. The molecule has 1 aliphatic heterocycles. The lowest BCUT2D eigenvalue weighted by Crippen LogP contribution is -2.33. The molecule has 0 aromatic heterocycles. The van der Waals surface area contributed by atoms with Crippen LogP contribution in [0.2, 0.25) is 0 Å². The topological polar surface area (TPSA) is 29.3 Å². The third-order valence-electron chi connectivity index (χ3n) is 3.61. The zero-order valence-electron chi connectivity index (χ0n) is 9.36. The minimum absolute atomic E-state index is 0. The van der Waals surface area contributed by atoms with Crippen molar-refractivity contribution in [3.05, 3.63) is 0 Å². The molecule has 92 valence electrons. The monoisotopic (exact) mass is 254 g/mol. The summed E-state index contributed by atoms with van der Waals surface area (Å²) in [5.74, 6) is 0.956. The van der Waals surface area contributed by atoms with Gasteiger partial charge in [0.2, 0.25) is 0 Å². The van der Waals surface area contributed by atoms with E-state index < -0.39 is 0 Å². The second-order valence-corrected chi connectivity index (χ2v) is 4.79. The van der Waals surface area contributed by atoms with Crippen molar-refractivity contribution in [2.75, 3.05) is 19.6 Å². The van der Waals surface area contributed by atoms with Gasteiger partial charge in [-0.3, -0.25) is 0 Å². The molecule has 0 aromatic carbocycles. The van der Waals surface area contributed by atoms with E-state index in [1.54, 1.807) is 0 Å². The van der Waals surface area contributed by atoms with Crippen molar-refractivity contribution >= 4 is 24.8 Å². The maximum Gasteiger partial charge on any atom is 0.00390 e. The van der Waals surface area contributed by atoms with Gasteiger partial charge in [-0.2, -0.15) is 0 Å². The highest BCUT2D eigenvalue weighted by atomic mass is 35.5. The van der Waals surface area contributed by atoms with E-state index in [2.05, 4.69) is 4.90 Å². The summed E-state index contributed by atoms with van der Waals surface area (Å²) in [6, 6.07) is 0.509. The fourth-order valence-corrected chi connectivity index (χ4v) is 2.70. The molecule has 0 spiro atoms. The molecule has 0 bridgehead atoms. The molecule has 0 amide bonds. The third kappa shape index (κ3) is 4.90. The van der Waals surface area contributed by atoms with Crippen molar-refractivity contribution in [2.45, 2.75) is 44.6 Å². The van der Waals surface area contributed by atoms with Crippen LogP contribution in [0.1, 0.15) is 38.5 Å². The summed E-state index contributed by atoms with van der Waals surface area (Å²) in [7, 11) is 0. The Kier molecular flexibility index (Phi) is 7.98. The van der Waals surface area contributed by atoms with Crippen LogP contribution >= 0.6 is 24.8 Å². The van der Waals surface area contributed by atoms with E-state index in [0.717, 1.165) is 5.92 Å². The number of halogens is 2. The maximum absolute atomic E-state index is 5.89. The number of likely N-dealkylation sites (tertiary alicyclic amines) is 1. The summed E-state index contributed by atoms with van der Waals surface area (Å²) in [4.78, 5) is 2.64. The van der Waals surface area contributed by atoms with Crippen LogP contribution in [-0.4, -0.2) is 30.6 Å². The van der Waals surface area contributed by atoms with Crippen molar-refractivity contribution in [3.8, 4) is 0 Å². The highest BCUT2D eigenvalue weighted by Crippen LogP contribution is 2.25. The van der Waals surface area contributed by atoms with E-state index in [9.17, 15) is 0 Å². The van der Waals surface area contributed by atoms with Crippen molar-refractivity contribution < 1.29 is 0 Å². The Balaban J connectivity index is 0.000000980. The number of rotatable bonds is 2. The van der Waals surface area contributed by atoms with E-state index >= 15 is 0 Å². The molecule has 2 N–H and O–H groups in total. The number of hydrogen-bond donors (Lipinski definition) is 1. The van der Waals surface area contributed by atoms with E-state index in [1.807, 2.05) is 0 Å². The first-order valence-electron chi connectivity index (χ1n) is 5.82. The molecular weight excluding hydrogens is 231 g/mol. The molecule has 1 saturated heterocycles. The first kappa shape index (κ1) is 15.5. The predicted octanol–water partition coefficient (Wildman–Crippen LogP) is 2.44. The van der Waals surface area contributed by atoms with Crippen LogP contribution in [0.3, 0.4) is 0 Å². The molecule has 2 nitrogen and oxygen atoms in total. The van der Waals surface area contributed by atoms with Gasteiger partial charge in [0.05, 0.1) is 0 Å². The Labute approximate surface area is 106 Å². The average Bonchev–Trinajstić information content (AvgIpc) is 2.62. The molecule has 2 aliphatic rings. The van der Waals surface area contributed by atoms with Gasteiger partial charge < -0.3 is 10.6 Å². The Morgan fingerprint density at radius 3 is 2.00 bits per heavy atom. The van der Waals surface area contributed by atoms with Gasteiger partial charge in [-0.25, -0.2) is 0 Å². The lowest BCUT2D eigenvalue weighted by Gasteiger charge is -2.29. The Morgan fingerprint density at radius 1 is 0.933 bits per heavy atom. The van der Waals surface area contributed by atoms with Gasteiger partial charge in [-0.15, -0.1) is 24.8 Å². The largest absolute Gasteiger partial charge is 0.328 e. The Hall–Kier alpha value is 0.500. The number of nitrogens with two attached hydrogens (primary N) is 1. The summed E-state index contributed by atoms with van der Waals surface area (Å²) < 4.78 is 0. The fraction of sp³-hybridized carbons (Fsp3) is 1.00. The summed E-state index contributed by atoms with van der Waals surface area (Å²) in [5.41, 5.74) is 5.89. The van der Waals surface area contributed by atoms with Crippen LogP contribution < -0.4 is 5.73 Å². The molecule has 0 aromatic rings. The minimum atomic E-state index is 0. The quantitative estimate of drug-likeness (QED) is 0.821. The van der Waals surface area contributed by atoms with Gasteiger partial charge in [0.15, 0.2) is 0 Å². The summed E-state index contributed by atoms with van der Waals surface area (Å²) >= 11 is 0. The van der Waals surface area contributed by atoms with E-state index in [0.29, 0.717) is 6.04 Å². The number of nitrogens with zero attached hydrogens (tertiary/aromatic N) is 1. The van der Waals surface area contributed by atoms with E-state index in [1.165, 1.54) is 58.2 Å². The Morgan fingerprint density at radius 2 is 1.47 bits per heavy atom. The molecule has 0 atom stereocenters. The highest BCUT2D eigenvalue weighted by molar-refractivity contribution is 5.85. The second kappa shape index (κ2) is 7.72. The van der Waals surface area contributed by atoms with Crippen LogP contribution in [0.25, 0.3) is 0 Å². The smallest absolute Gasteiger partial charge is 0.00390 e. The van der Waals surface area contributed by atoms with Crippen LogP contribution in [0.5, 0.6) is 0 Å². The van der Waals surface area contributed by atoms with Crippen LogP contribution in [0, 0.1) is 5.92 Å². The molecule has 1 heterocycles. The zero-order chi connectivity index (χ0) is 9.10. The van der Waals surface area contributed by atoms with Crippen LogP contribution in [-0.2, 0) is 0 Å². The first-order chi connectivity index (χ1) is 6.34. The predicted molar refractivity (Wildman–Crippen MR) is 70.1 cm³/mol. The summed E-state index contributed by atoms with van der Waals surface area (Å²) in [6.07, 6.45) is 8.12. The van der Waals surface area contributed by atoms with Gasteiger partial charge in [0, 0.05) is 12.6 Å². The third-order valence-corrected chi connectivity index (χ3v) is 3.61. The second-order valence-electron chi connectivity index (χ2n) is 4.79. The highest BCUT2D eigenvalue weighted by Gasteiger charge is 2.21. The Bertz CT molecular complexity index is 153. The average molecular weight is 255 g/mol. The van der Waals surface area contributed by atoms with Crippen molar-refractivity contribution in [3.63, 3.8) is 0 Å². The molecule has 1 aliphatic carbocycles. The lowest BCUT2D eigenvalue weighted by atomic mass is 9.86. The SMILES string of the molecule is Cl.Cl.NC1CCC(CN2CCCC2)CC1. The maximum atomic E-state index is 5.89. The van der Waals surface area contributed by atoms with Gasteiger partial charge >= 0.3 is 0 Å². The minimum Gasteiger partial charge on any atom is -0.328 e. The van der Waals surface area contributed by atoms with Crippen molar-refractivity contribution in [2.24, 2.45) is 11.7 Å². The summed E-state index contributed by atoms with van der Waals surface area (Å²) in [5, 5.41) is 0. The lowest BCUT2D eigenvalue weighted by molar-refractivity contribution is 0.224. The molecule has 2 fully saturated rings. The standard InChI is InChI=1S/C11H22N2.2ClH/c12-11-5-3-10(4-6-11)9-13-7-1-2-8-13;;/h10-11H,1-9,12H2;2*1H. The molecule has 2 rings (SSSR count). The molecule has 15 heavy (non-hydrogen) atoms. The first-order valence-corrected chi connectivity index (χ1v) is 5.82. The van der Waals surface area contributed by atoms with E-state index in [4.69, 9.17) is 5.73 Å². The summed E-state index contributed by atoms with van der Waals surface area (Å²) in [6.45, 7) is 4.05. The van der Waals surface area contributed by atoms with Crippen LogP contribution in [0.4, 0.5) is 0 Å². The van der Waals surface area contributed by atoms with Crippen LogP contribution in [0.15, 0.2) is 0 Å². The van der Waals surface area contributed by atoms with Gasteiger partial charge in [0.1, 0.15) is 0 Å². The number of hydrogen-bond acceptors (Lipinski definition) is 2. The molecule has 0 unspecified atom stereocenters. The molecule has 1 saturated carbocycles. The van der Waals surface area contributed by atoms with E-state index in [-0.39, 0.29) is 24.8 Å². The van der Waals surface area contributed by atoms with Gasteiger partial charge in [-0.05, 0) is 57.5 Å². The molecule has 4 heteroatoms. The van der Waals surface area contributed by atoms with Crippen molar-refractivity contribution in [1.29, 1.82) is 0 Å². The van der Waals surface area contributed by atoms with Gasteiger partial charge in [0.25, 0.3) is 0 Å². The fourth-order valence-electron chi connectivity index (χ4n) is 2.70.